The third kappa shape index (κ3) is 9.90. The van der Waals surface area contributed by atoms with Crippen LogP contribution in [0.15, 0.2) is 37.0 Å². The van der Waals surface area contributed by atoms with Crippen molar-refractivity contribution in [2.24, 2.45) is 0 Å². The highest BCUT2D eigenvalue weighted by atomic mass is 13.6. The number of allylic oxidation sites excluding steroid dienone is 5. The first-order valence-electron chi connectivity index (χ1n) is 3.78. The Morgan fingerprint density at radius 1 is 0.923 bits per heavy atom. The van der Waals surface area contributed by atoms with E-state index in [1.54, 1.807) is 19.1 Å². The molecular formula is C13H10. The zero-order chi connectivity index (χ0) is 9.78. The lowest BCUT2D eigenvalue weighted by Gasteiger charge is -1.66. The van der Waals surface area contributed by atoms with Gasteiger partial charge in [0.1, 0.15) is 0 Å². The number of hydrogen-bond donors (Lipinski definition) is 0. The quantitative estimate of drug-likeness (QED) is 0.436. The van der Waals surface area contributed by atoms with Crippen molar-refractivity contribution in [1.29, 1.82) is 0 Å². The lowest BCUT2D eigenvalue weighted by molar-refractivity contribution is 1.92. The van der Waals surface area contributed by atoms with E-state index < -0.39 is 0 Å². The number of rotatable bonds is 2. The molecule has 0 nitrogen and oxygen atoms in total. The molecule has 0 atom stereocenters. The van der Waals surface area contributed by atoms with Crippen LogP contribution >= 0.6 is 0 Å². The second kappa shape index (κ2) is 9.90. The maximum Gasteiger partial charge on any atom is -0.000709 e. The summed E-state index contributed by atoms with van der Waals surface area (Å²) in [6, 6.07) is 0. The van der Waals surface area contributed by atoms with E-state index in [0.29, 0.717) is 0 Å². The molecule has 0 aromatic carbocycles. The van der Waals surface area contributed by atoms with Gasteiger partial charge < -0.3 is 0 Å². The molecule has 0 rings (SSSR count). The predicted molar refractivity (Wildman–Crippen MR) is 57.5 cm³/mol. The van der Waals surface area contributed by atoms with Gasteiger partial charge in [-0.3, -0.25) is 0 Å². The van der Waals surface area contributed by atoms with Gasteiger partial charge >= 0.3 is 0 Å². The molecule has 13 heavy (non-hydrogen) atoms. The van der Waals surface area contributed by atoms with Crippen LogP contribution in [0.4, 0.5) is 0 Å². The highest BCUT2D eigenvalue weighted by molar-refractivity contribution is 5.37. The zero-order valence-corrected chi connectivity index (χ0v) is 7.59. The van der Waals surface area contributed by atoms with E-state index in [0.717, 1.165) is 0 Å². The second-order valence-electron chi connectivity index (χ2n) is 1.87. The molecule has 0 heterocycles. The van der Waals surface area contributed by atoms with Gasteiger partial charge in [-0.05, 0) is 36.7 Å². The summed E-state index contributed by atoms with van der Waals surface area (Å²) in [6.45, 7) is 5.27. The van der Waals surface area contributed by atoms with Crippen LogP contribution in [-0.4, -0.2) is 0 Å². The van der Waals surface area contributed by atoms with Crippen LogP contribution in [0.5, 0.6) is 0 Å². The standard InChI is InChI=1S/C13H10/c1-3-5-7-9-11-13-12-10-8-6-4-2/h3,5,7,9,11H,1H2,2H3. The minimum Gasteiger partial charge on any atom is -0.0991 e. The molecule has 0 N–H and O–H groups in total. The highest BCUT2D eigenvalue weighted by Gasteiger charge is 1.58. The average Bonchev–Trinajstić information content (AvgIpc) is 2.16. The molecule has 0 bridgehead atoms. The van der Waals surface area contributed by atoms with Crippen molar-refractivity contribution in [3.8, 4) is 35.5 Å². The Morgan fingerprint density at radius 2 is 1.69 bits per heavy atom. The van der Waals surface area contributed by atoms with Gasteiger partial charge in [-0.1, -0.05) is 42.7 Å². The van der Waals surface area contributed by atoms with Crippen LogP contribution in [0.1, 0.15) is 6.92 Å². The van der Waals surface area contributed by atoms with Gasteiger partial charge in [-0.2, -0.15) is 0 Å². The normalized spacial score (nSPS) is 7.77. The van der Waals surface area contributed by atoms with Gasteiger partial charge in [0, 0.05) is 0 Å². The lowest BCUT2D eigenvalue weighted by Crippen LogP contribution is -1.53. The summed E-state index contributed by atoms with van der Waals surface area (Å²) in [5.41, 5.74) is 0. The van der Waals surface area contributed by atoms with Gasteiger partial charge in [0.2, 0.25) is 0 Å². The van der Waals surface area contributed by atoms with Gasteiger partial charge in [-0.15, -0.1) is 0 Å². The van der Waals surface area contributed by atoms with Gasteiger partial charge in [0.25, 0.3) is 0 Å². The molecular weight excluding hydrogens is 156 g/mol. The Labute approximate surface area is 80.0 Å². The summed E-state index contributed by atoms with van der Waals surface area (Å²) in [7, 11) is 0. The van der Waals surface area contributed by atoms with Gasteiger partial charge in [0.05, 0.1) is 0 Å². The van der Waals surface area contributed by atoms with Crippen molar-refractivity contribution >= 4 is 0 Å². The summed E-state index contributed by atoms with van der Waals surface area (Å²) in [6.07, 6.45) is 8.91. The van der Waals surface area contributed by atoms with Crippen molar-refractivity contribution in [2.45, 2.75) is 6.92 Å². The van der Waals surface area contributed by atoms with Crippen LogP contribution < -0.4 is 0 Å². The molecule has 0 radical (unpaired) electrons. The molecule has 0 aliphatic carbocycles. The molecule has 0 aliphatic heterocycles. The minimum atomic E-state index is 1.70. The Balaban J connectivity index is 3.92. The third-order valence-corrected chi connectivity index (χ3v) is 0.923. The van der Waals surface area contributed by atoms with E-state index in [9.17, 15) is 0 Å². The highest BCUT2D eigenvalue weighted by Crippen LogP contribution is 1.75. The fraction of sp³-hybridized carbons (Fsp3) is 0.0769. The monoisotopic (exact) mass is 166 g/mol. The predicted octanol–water partition coefficient (Wildman–Crippen LogP) is 2.31. The molecule has 0 saturated heterocycles. The maximum absolute atomic E-state index is 3.53. The zero-order valence-electron chi connectivity index (χ0n) is 7.59. The largest absolute Gasteiger partial charge is 0.0991 e. The van der Waals surface area contributed by atoms with Crippen LogP contribution in [0.25, 0.3) is 0 Å². The fourth-order valence-corrected chi connectivity index (χ4v) is 0.449. The van der Waals surface area contributed by atoms with E-state index in [4.69, 9.17) is 0 Å². The Morgan fingerprint density at radius 3 is 2.38 bits per heavy atom. The van der Waals surface area contributed by atoms with Crippen LogP contribution in [0.3, 0.4) is 0 Å². The summed E-state index contributed by atoms with van der Waals surface area (Å²) in [4.78, 5) is 0. The summed E-state index contributed by atoms with van der Waals surface area (Å²) < 4.78 is 0. The van der Waals surface area contributed by atoms with Crippen LogP contribution in [-0.2, 0) is 0 Å². The third-order valence-electron chi connectivity index (χ3n) is 0.923. The Kier molecular flexibility index (Phi) is 8.30. The molecule has 0 fully saturated rings. The average molecular weight is 166 g/mol. The second-order valence-corrected chi connectivity index (χ2v) is 1.87. The molecule has 0 aromatic heterocycles. The molecule has 62 valence electrons. The van der Waals surface area contributed by atoms with E-state index in [2.05, 4.69) is 42.1 Å². The minimum absolute atomic E-state index is 1.70. The Hall–Kier alpha value is -2.10. The van der Waals surface area contributed by atoms with Crippen molar-refractivity contribution in [3.05, 3.63) is 37.0 Å². The van der Waals surface area contributed by atoms with Crippen molar-refractivity contribution in [3.63, 3.8) is 0 Å². The molecule has 0 aliphatic rings. The van der Waals surface area contributed by atoms with E-state index >= 15 is 0 Å². The lowest BCUT2D eigenvalue weighted by atomic mass is 10.4. The molecule has 0 amide bonds. The SMILES string of the molecule is C=CC=CC=CC#CC#CC#CC. The summed E-state index contributed by atoms with van der Waals surface area (Å²) in [5, 5.41) is 0. The Bertz CT molecular complexity index is 373. The van der Waals surface area contributed by atoms with E-state index in [-0.39, 0.29) is 0 Å². The molecule has 0 unspecified atom stereocenters. The molecule has 0 spiro atoms. The summed E-state index contributed by atoms with van der Waals surface area (Å²) in [5.74, 6) is 15.8. The van der Waals surface area contributed by atoms with Crippen molar-refractivity contribution in [1.82, 2.24) is 0 Å². The molecule has 0 saturated carbocycles. The molecule has 0 heteroatoms. The number of hydrogen-bond acceptors (Lipinski definition) is 0. The smallest absolute Gasteiger partial charge is 0.000709 e. The van der Waals surface area contributed by atoms with E-state index in [1.165, 1.54) is 0 Å². The van der Waals surface area contributed by atoms with Crippen LogP contribution in [0.2, 0.25) is 0 Å². The van der Waals surface area contributed by atoms with Crippen molar-refractivity contribution < 1.29 is 0 Å². The van der Waals surface area contributed by atoms with E-state index in [1.807, 2.05) is 18.2 Å². The first-order valence-corrected chi connectivity index (χ1v) is 3.78. The topological polar surface area (TPSA) is 0 Å². The maximum atomic E-state index is 3.53. The first-order chi connectivity index (χ1) is 6.41. The van der Waals surface area contributed by atoms with Gasteiger partial charge in [-0.25, -0.2) is 0 Å². The molecule has 0 aromatic rings. The first kappa shape index (κ1) is 10.9. The van der Waals surface area contributed by atoms with Crippen LogP contribution in [0, 0.1) is 35.5 Å². The van der Waals surface area contributed by atoms with Crippen molar-refractivity contribution in [2.75, 3.05) is 0 Å². The van der Waals surface area contributed by atoms with Gasteiger partial charge in [0.15, 0.2) is 0 Å². The fourth-order valence-electron chi connectivity index (χ4n) is 0.449. The summed E-state index contributed by atoms with van der Waals surface area (Å²) >= 11 is 0.